The van der Waals surface area contributed by atoms with E-state index in [2.05, 4.69) is 4.98 Å². The molecule has 0 aromatic carbocycles. The normalized spacial score (nSPS) is 19.6. The highest BCUT2D eigenvalue weighted by atomic mass is 35.5. The highest BCUT2D eigenvalue weighted by Gasteiger charge is 2.36. The minimum Gasteiger partial charge on any atom is -0.294 e. The van der Waals surface area contributed by atoms with E-state index in [0.717, 1.165) is 11.0 Å². The molecule has 100 valence electrons. The molecule has 1 aromatic rings. The molecule has 1 saturated heterocycles. The molecule has 2 rings (SSSR count). The Morgan fingerprint density at radius 2 is 2.21 bits per heavy atom. The van der Waals surface area contributed by atoms with Crippen molar-refractivity contribution in [1.29, 1.82) is 5.26 Å². The Labute approximate surface area is 111 Å². The van der Waals surface area contributed by atoms with Gasteiger partial charge in [-0.05, 0) is 12.5 Å². The zero-order valence-electron chi connectivity index (χ0n) is 9.41. The average molecular weight is 290 g/mol. The Morgan fingerprint density at radius 1 is 1.53 bits per heavy atom. The molecule has 4 nitrogen and oxygen atoms in total. The molecule has 1 atom stereocenters. The van der Waals surface area contributed by atoms with Gasteiger partial charge in [-0.15, -0.1) is 0 Å². The maximum Gasteiger partial charge on any atom is 0.417 e. The topological polar surface area (TPSA) is 57.0 Å². The fourth-order valence-electron chi connectivity index (χ4n) is 1.79. The Morgan fingerprint density at radius 3 is 2.68 bits per heavy atom. The maximum atomic E-state index is 12.4. The van der Waals surface area contributed by atoms with Crippen LogP contribution in [0.1, 0.15) is 12.0 Å². The van der Waals surface area contributed by atoms with E-state index >= 15 is 0 Å². The SMILES string of the molecule is N#C[C@H]1CCN(c2ncc(C(F)(F)F)cc2Cl)C1=O. The van der Waals surface area contributed by atoms with Gasteiger partial charge in [-0.1, -0.05) is 11.6 Å². The molecule has 1 aromatic heterocycles. The summed E-state index contributed by atoms with van der Waals surface area (Å²) in [5.41, 5.74) is -0.982. The smallest absolute Gasteiger partial charge is 0.294 e. The predicted octanol–water partition coefficient (Wildman–Crippen LogP) is 2.63. The Bertz CT molecular complexity index is 567. The van der Waals surface area contributed by atoms with Gasteiger partial charge in [0.25, 0.3) is 0 Å². The summed E-state index contributed by atoms with van der Waals surface area (Å²) in [5.74, 6) is -1.32. The summed E-state index contributed by atoms with van der Waals surface area (Å²) >= 11 is 5.73. The van der Waals surface area contributed by atoms with E-state index in [0.29, 0.717) is 12.6 Å². The van der Waals surface area contributed by atoms with Crippen molar-refractivity contribution in [2.75, 3.05) is 11.4 Å². The van der Waals surface area contributed by atoms with E-state index < -0.39 is 23.6 Å². The molecule has 1 aliphatic rings. The van der Waals surface area contributed by atoms with E-state index in [9.17, 15) is 18.0 Å². The van der Waals surface area contributed by atoms with Gasteiger partial charge in [-0.25, -0.2) is 4.98 Å². The molecule has 2 heterocycles. The van der Waals surface area contributed by atoms with Crippen molar-refractivity contribution < 1.29 is 18.0 Å². The molecule has 8 heteroatoms. The first-order valence-corrected chi connectivity index (χ1v) is 5.66. The maximum absolute atomic E-state index is 12.4. The van der Waals surface area contributed by atoms with Crippen LogP contribution in [0.2, 0.25) is 5.02 Å². The Balaban J connectivity index is 2.33. The number of rotatable bonds is 1. The number of hydrogen-bond donors (Lipinski definition) is 0. The summed E-state index contributed by atoms with van der Waals surface area (Å²) in [6, 6.07) is 2.55. The van der Waals surface area contributed by atoms with Crippen LogP contribution in [0, 0.1) is 17.2 Å². The van der Waals surface area contributed by atoms with Crippen LogP contribution in [-0.2, 0) is 11.0 Å². The van der Waals surface area contributed by atoms with Gasteiger partial charge >= 0.3 is 6.18 Å². The second-order valence-electron chi connectivity index (χ2n) is 3.99. The fraction of sp³-hybridized carbons (Fsp3) is 0.364. The number of nitriles is 1. The number of amides is 1. The number of nitrogens with zero attached hydrogens (tertiary/aromatic N) is 3. The molecular formula is C11H7ClF3N3O. The first-order valence-electron chi connectivity index (χ1n) is 5.28. The third-order valence-electron chi connectivity index (χ3n) is 2.77. The minimum absolute atomic E-state index is 0.0441. The number of pyridine rings is 1. The van der Waals surface area contributed by atoms with Crippen LogP contribution < -0.4 is 4.90 Å². The number of anilines is 1. The van der Waals surface area contributed by atoms with Crippen LogP contribution in [0.25, 0.3) is 0 Å². The molecule has 0 radical (unpaired) electrons. The molecule has 0 unspecified atom stereocenters. The van der Waals surface area contributed by atoms with Gasteiger partial charge in [0, 0.05) is 12.7 Å². The summed E-state index contributed by atoms with van der Waals surface area (Å²) in [4.78, 5) is 16.5. The molecular weight excluding hydrogens is 283 g/mol. The lowest BCUT2D eigenvalue weighted by Gasteiger charge is -2.17. The summed E-state index contributed by atoms with van der Waals surface area (Å²) < 4.78 is 37.3. The van der Waals surface area contributed by atoms with Gasteiger partial charge in [-0.3, -0.25) is 9.69 Å². The predicted molar refractivity (Wildman–Crippen MR) is 60.3 cm³/mol. The second-order valence-corrected chi connectivity index (χ2v) is 4.39. The minimum atomic E-state index is -4.54. The zero-order chi connectivity index (χ0) is 14.2. The van der Waals surface area contributed by atoms with Crippen LogP contribution in [0.3, 0.4) is 0 Å². The molecule has 19 heavy (non-hydrogen) atoms. The van der Waals surface area contributed by atoms with Crippen LogP contribution in [0.5, 0.6) is 0 Å². The molecule has 0 spiro atoms. The average Bonchev–Trinajstić information content (AvgIpc) is 2.69. The van der Waals surface area contributed by atoms with Crippen molar-refractivity contribution in [3.63, 3.8) is 0 Å². The third kappa shape index (κ3) is 2.49. The molecule has 0 bridgehead atoms. The van der Waals surface area contributed by atoms with Crippen molar-refractivity contribution in [3.05, 3.63) is 22.8 Å². The second kappa shape index (κ2) is 4.70. The van der Waals surface area contributed by atoms with Crippen molar-refractivity contribution in [2.24, 2.45) is 5.92 Å². The molecule has 0 N–H and O–H groups in total. The Kier molecular flexibility index (Phi) is 3.37. The number of hydrogen-bond acceptors (Lipinski definition) is 3. The van der Waals surface area contributed by atoms with Gasteiger partial charge in [0.1, 0.15) is 5.92 Å². The summed E-state index contributed by atoms with van der Waals surface area (Å²) in [5, 5.41) is 8.46. The fourth-order valence-corrected chi connectivity index (χ4v) is 2.06. The monoisotopic (exact) mass is 289 g/mol. The standard InChI is InChI=1S/C11H7ClF3N3O/c12-8-3-7(11(13,14)15)5-17-9(8)18-2-1-6(4-16)10(18)19/h3,5-6H,1-2H2/t6-/m1/s1. The lowest BCUT2D eigenvalue weighted by molar-refractivity contribution is -0.137. The first-order chi connectivity index (χ1) is 8.84. The lowest BCUT2D eigenvalue weighted by atomic mass is 10.1. The summed E-state index contributed by atoms with van der Waals surface area (Å²) in [6.45, 7) is 0.217. The van der Waals surface area contributed by atoms with Crippen molar-refractivity contribution >= 4 is 23.3 Å². The Hall–Kier alpha value is -1.81. The lowest BCUT2D eigenvalue weighted by Crippen LogP contribution is -2.28. The highest BCUT2D eigenvalue weighted by molar-refractivity contribution is 6.33. The third-order valence-corrected chi connectivity index (χ3v) is 3.04. The van der Waals surface area contributed by atoms with Crippen LogP contribution >= 0.6 is 11.6 Å². The van der Waals surface area contributed by atoms with Gasteiger partial charge < -0.3 is 0 Å². The van der Waals surface area contributed by atoms with Crippen molar-refractivity contribution in [1.82, 2.24) is 4.98 Å². The van der Waals surface area contributed by atoms with Gasteiger partial charge in [0.2, 0.25) is 5.91 Å². The number of carbonyl (C=O) groups is 1. The number of aromatic nitrogens is 1. The number of halogens is 4. The quantitative estimate of drug-likeness (QED) is 0.798. The molecule has 0 aliphatic carbocycles. The highest BCUT2D eigenvalue weighted by Crippen LogP contribution is 2.35. The first kappa shape index (κ1) is 13.6. The van der Waals surface area contributed by atoms with Gasteiger partial charge in [-0.2, -0.15) is 18.4 Å². The number of alkyl halides is 3. The van der Waals surface area contributed by atoms with Crippen molar-refractivity contribution in [3.8, 4) is 6.07 Å². The van der Waals surface area contributed by atoms with Crippen molar-refractivity contribution in [2.45, 2.75) is 12.6 Å². The summed E-state index contributed by atoms with van der Waals surface area (Å²) in [7, 11) is 0. The van der Waals surface area contributed by atoms with E-state index in [4.69, 9.17) is 16.9 Å². The van der Waals surface area contributed by atoms with Crippen LogP contribution in [-0.4, -0.2) is 17.4 Å². The van der Waals surface area contributed by atoms with Gasteiger partial charge in [0.15, 0.2) is 5.82 Å². The molecule has 0 saturated carbocycles. The molecule has 1 amide bonds. The van der Waals surface area contributed by atoms with E-state index in [1.54, 1.807) is 0 Å². The van der Waals surface area contributed by atoms with Crippen LogP contribution in [0.4, 0.5) is 19.0 Å². The van der Waals surface area contributed by atoms with Gasteiger partial charge in [0.05, 0.1) is 16.7 Å². The largest absolute Gasteiger partial charge is 0.417 e. The van der Waals surface area contributed by atoms with E-state index in [1.807, 2.05) is 6.07 Å². The molecule has 1 fully saturated rings. The van der Waals surface area contributed by atoms with Crippen LogP contribution in [0.15, 0.2) is 12.3 Å². The summed E-state index contributed by atoms with van der Waals surface area (Å²) in [6.07, 6.45) is -3.61. The van der Waals surface area contributed by atoms with E-state index in [1.165, 1.54) is 0 Å². The zero-order valence-corrected chi connectivity index (χ0v) is 10.2. The molecule has 1 aliphatic heterocycles. The van der Waals surface area contributed by atoms with E-state index in [-0.39, 0.29) is 17.4 Å². The number of carbonyl (C=O) groups excluding carboxylic acids is 1.